The topological polar surface area (TPSA) is 185 Å². The number of amides is 1. The number of benzene rings is 4. The van der Waals surface area contributed by atoms with Crippen LogP contribution in [0.15, 0.2) is 84.9 Å². The number of unbranched alkanes of at least 4 members (excludes halogenated alkanes) is 1. The average Bonchev–Trinajstić information content (AvgIpc) is 2.04. The Morgan fingerprint density at radius 3 is 1.15 bits per heavy atom. The molecule has 4 aromatic rings. The zero-order valence-electron chi connectivity index (χ0n) is 51.2. The van der Waals surface area contributed by atoms with Gasteiger partial charge in [0.15, 0.2) is 0 Å². The van der Waals surface area contributed by atoms with Crippen molar-refractivity contribution in [1.29, 1.82) is 0 Å². The van der Waals surface area contributed by atoms with E-state index in [1.807, 2.05) is 45.0 Å². The van der Waals surface area contributed by atoms with Gasteiger partial charge in [0.25, 0.3) is 0 Å². The van der Waals surface area contributed by atoms with Crippen molar-refractivity contribution in [2.75, 3.05) is 179 Å². The highest BCUT2D eigenvalue weighted by atomic mass is 16.6. The Kier molecular flexibility index (Phi) is 34.8. The van der Waals surface area contributed by atoms with Gasteiger partial charge < -0.3 is 76.4 Å². The first kappa shape index (κ1) is 69.7. The summed E-state index contributed by atoms with van der Waals surface area (Å²) in [6.07, 6.45) is 5.52. The average molecular weight is 1180 g/mol. The van der Waals surface area contributed by atoms with Gasteiger partial charge >= 0.3 is 5.97 Å². The SMILES string of the molecule is COCCOCCCC1(CCCOCCOC)c2cc(-c3ccc(OCCCCNC(C)=O)cc3)ccc2-c2ccc(-c3ccc(OCCOCCOCCOCCOCCOCCOCCOCCOCCC(=O)OC(C)(C)C)cc3)cc21. The molecule has 0 saturated carbocycles. The monoisotopic (exact) mass is 1180 g/mol. The summed E-state index contributed by atoms with van der Waals surface area (Å²) in [5.74, 6) is 1.33. The van der Waals surface area contributed by atoms with E-state index in [2.05, 4.69) is 66.0 Å². The minimum Gasteiger partial charge on any atom is -0.494 e. The van der Waals surface area contributed by atoms with E-state index in [-0.39, 0.29) is 23.7 Å². The van der Waals surface area contributed by atoms with Crippen LogP contribution in [0.5, 0.6) is 11.5 Å². The molecule has 0 fully saturated rings. The minimum atomic E-state index is -0.487. The lowest BCUT2D eigenvalue weighted by atomic mass is 9.70. The Hall–Kier alpha value is -5.06. The molecule has 0 radical (unpaired) electrons. The molecule has 0 heterocycles. The van der Waals surface area contributed by atoms with Crippen LogP contribution in [0, 0.1) is 0 Å². The first-order chi connectivity index (χ1) is 41.0. The molecule has 4 aromatic carbocycles. The molecule has 18 heteroatoms. The molecule has 0 unspecified atom stereocenters. The smallest absolute Gasteiger partial charge is 0.308 e. The van der Waals surface area contributed by atoms with Gasteiger partial charge in [-0.2, -0.15) is 0 Å². The molecule has 0 spiro atoms. The van der Waals surface area contributed by atoms with Gasteiger partial charge in [-0.1, -0.05) is 48.5 Å². The largest absolute Gasteiger partial charge is 0.494 e. The molecule has 1 amide bonds. The maximum atomic E-state index is 11.7. The van der Waals surface area contributed by atoms with E-state index < -0.39 is 5.60 Å². The van der Waals surface area contributed by atoms with Crippen LogP contribution in [-0.2, 0) is 76.6 Å². The van der Waals surface area contributed by atoms with Crippen molar-refractivity contribution in [3.8, 4) is 44.9 Å². The number of esters is 1. The van der Waals surface area contributed by atoms with Crippen LogP contribution < -0.4 is 14.8 Å². The molecule has 1 N–H and O–H groups in total. The van der Waals surface area contributed by atoms with Gasteiger partial charge in [-0.15, -0.1) is 0 Å². The van der Waals surface area contributed by atoms with Crippen LogP contribution in [0.3, 0.4) is 0 Å². The fraction of sp³-hybridized carbons (Fsp3) is 0.606. The van der Waals surface area contributed by atoms with Crippen molar-refractivity contribution in [2.45, 2.75) is 83.7 Å². The molecule has 468 valence electrons. The summed E-state index contributed by atoms with van der Waals surface area (Å²) < 4.78 is 84.6. The maximum Gasteiger partial charge on any atom is 0.308 e. The second kappa shape index (κ2) is 41.9. The van der Waals surface area contributed by atoms with E-state index in [4.69, 9.17) is 71.1 Å². The maximum absolute atomic E-state index is 11.7. The van der Waals surface area contributed by atoms with Crippen molar-refractivity contribution in [3.63, 3.8) is 0 Å². The zero-order chi connectivity index (χ0) is 59.8. The summed E-state index contributed by atoms with van der Waals surface area (Å²) >= 11 is 0. The van der Waals surface area contributed by atoms with Gasteiger partial charge in [-0.25, -0.2) is 0 Å². The highest BCUT2D eigenvalue weighted by Gasteiger charge is 2.43. The fourth-order valence-electron chi connectivity index (χ4n) is 9.54. The summed E-state index contributed by atoms with van der Waals surface area (Å²) in [6, 6.07) is 30.5. The lowest BCUT2D eigenvalue weighted by Gasteiger charge is -2.33. The normalized spacial score (nSPS) is 12.5. The van der Waals surface area contributed by atoms with Crippen molar-refractivity contribution < 1.29 is 80.6 Å². The molecule has 1 aliphatic rings. The summed E-state index contributed by atoms with van der Waals surface area (Å²) in [5.41, 5.74) is 8.94. The van der Waals surface area contributed by atoms with Crippen molar-refractivity contribution >= 4 is 11.9 Å². The molecule has 1 aliphatic carbocycles. The first-order valence-corrected chi connectivity index (χ1v) is 30.0. The van der Waals surface area contributed by atoms with Crippen LogP contribution in [0.4, 0.5) is 0 Å². The number of rotatable bonds is 50. The van der Waals surface area contributed by atoms with E-state index in [1.165, 1.54) is 29.2 Å². The number of hydrogen-bond acceptors (Lipinski definition) is 17. The highest BCUT2D eigenvalue weighted by Crippen LogP contribution is 2.55. The van der Waals surface area contributed by atoms with Gasteiger partial charge in [0.1, 0.15) is 23.7 Å². The number of carbonyl (C=O) groups excluding carboxylic acids is 2. The Morgan fingerprint density at radius 2 is 0.762 bits per heavy atom. The van der Waals surface area contributed by atoms with Crippen molar-refractivity contribution in [1.82, 2.24) is 5.32 Å². The summed E-state index contributed by atoms with van der Waals surface area (Å²) in [4.78, 5) is 22.9. The van der Waals surface area contributed by atoms with E-state index in [0.717, 1.165) is 72.3 Å². The molecule has 0 bridgehead atoms. The number of methoxy groups -OCH3 is 2. The molecule has 0 atom stereocenters. The molecule has 84 heavy (non-hydrogen) atoms. The molecule has 5 rings (SSSR count). The minimum absolute atomic E-state index is 0.0108. The lowest BCUT2D eigenvalue weighted by molar-refractivity contribution is -0.156. The Labute approximate surface area is 500 Å². The van der Waals surface area contributed by atoms with E-state index in [1.54, 1.807) is 14.2 Å². The van der Waals surface area contributed by atoms with Gasteiger partial charge in [0.05, 0.1) is 145 Å². The van der Waals surface area contributed by atoms with Crippen molar-refractivity contribution in [2.24, 2.45) is 0 Å². The second-order valence-electron chi connectivity index (χ2n) is 21.2. The number of fused-ring (bicyclic) bond motifs is 3. The van der Waals surface area contributed by atoms with Gasteiger partial charge in [-0.05, 0) is 140 Å². The van der Waals surface area contributed by atoms with Crippen LogP contribution in [0.25, 0.3) is 33.4 Å². The number of nitrogens with one attached hydrogen (secondary N) is 1. The highest BCUT2D eigenvalue weighted by molar-refractivity contribution is 5.86. The Morgan fingerprint density at radius 1 is 0.405 bits per heavy atom. The van der Waals surface area contributed by atoms with Gasteiger partial charge in [0.2, 0.25) is 5.91 Å². The molecule has 0 aliphatic heterocycles. The second-order valence-corrected chi connectivity index (χ2v) is 21.2. The lowest BCUT2D eigenvalue weighted by Crippen LogP contribution is -2.27. The van der Waals surface area contributed by atoms with Crippen LogP contribution in [0.2, 0.25) is 0 Å². The third-order valence-corrected chi connectivity index (χ3v) is 13.6. The van der Waals surface area contributed by atoms with Gasteiger partial charge in [0, 0.05) is 46.3 Å². The molecular formula is C66H97NO17. The third kappa shape index (κ3) is 27.5. The van der Waals surface area contributed by atoms with E-state index in [0.29, 0.717) is 165 Å². The Balaban J connectivity index is 0.995. The first-order valence-electron chi connectivity index (χ1n) is 30.0. The standard InChI is InChI=1S/C66H97NO17/c1-53(68)67-26-7-8-29-82-58-17-11-54(12-18-58)56-15-21-60-61-22-16-57(52-63(61)66(62(60)51-56,24-9-27-72-33-31-70-5)25-10-28-73-34-32-71-6)55-13-19-59(20-14-55)83-50-49-81-48-47-80-46-45-79-44-43-78-42-41-77-40-39-76-38-37-75-36-35-74-30-23-64(69)84-65(2,3)4/h11-22,51-52H,7-10,23-50H2,1-6H3,(H,67,68). The zero-order valence-corrected chi connectivity index (χ0v) is 51.2. The van der Waals surface area contributed by atoms with Crippen LogP contribution in [-0.4, -0.2) is 197 Å². The molecular weight excluding hydrogens is 1080 g/mol. The quantitative estimate of drug-likeness (QED) is 0.0325. The summed E-state index contributed by atoms with van der Waals surface area (Å²) in [7, 11) is 3.40. The van der Waals surface area contributed by atoms with Crippen LogP contribution in [0.1, 0.15) is 83.8 Å². The van der Waals surface area contributed by atoms with Crippen molar-refractivity contribution in [3.05, 3.63) is 96.1 Å². The fourth-order valence-corrected chi connectivity index (χ4v) is 9.54. The predicted molar refractivity (Wildman–Crippen MR) is 323 cm³/mol. The number of ether oxygens (including phenoxy) is 15. The summed E-state index contributed by atoms with van der Waals surface area (Å²) in [5, 5.41) is 2.84. The number of hydrogen-bond donors (Lipinski definition) is 1. The van der Waals surface area contributed by atoms with Gasteiger partial charge in [-0.3, -0.25) is 9.59 Å². The summed E-state index contributed by atoms with van der Waals surface area (Å²) in [6.45, 7) is 19.4. The Bertz CT molecular complexity index is 2360. The third-order valence-electron chi connectivity index (χ3n) is 13.6. The van der Waals surface area contributed by atoms with E-state index in [9.17, 15) is 9.59 Å². The van der Waals surface area contributed by atoms with E-state index >= 15 is 0 Å². The molecule has 0 aromatic heterocycles. The number of carbonyl (C=O) groups is 2. The predicted octanol–water partition coefficient (Wildman–Crippen LogP) is 9.71. The van der Waals surface area contributed by atoms with Crippen LogP contribution >= 0.6 is 0 Å². The molecule has 18 nitrogen and oxygen atoms in total. The molecule has 0 saturated heterocycles.